The molecule has 2 N–H and O–H groups in total. The fraction of sp³-hybridized carbons (Fsp3) is 0.444. The first kappa shape index (κ1) is 22.1. The Bertz CT molecular complexity index is 1310. The van der Waals surface area contributed by atoms with Crippen LogP contribution in [0.3, 0.4) is 0 Å². The molecule has 2 atom stereocenters. The van der Waals surface area contributed by atoms with E-state index in [4.69, 9.17) is 4.74 Å². The number of hydrogen-bond acceptors (Lipinski definition) is 4. The third-order valence-electron chi connectivity index (χ3n) is 7.90. The number of nitrogens with one attached hydrogen (secondary N) is 1. The number of ether oxygens (including phenoxy) is 1. The summed E-state index contributed by atoms with van der Waals surface area (Å²) in [5.41, 5.74) is 7.42. The van der Waals surface area contributed by atoms with Crippen molar-refractivity contribution in [3.8, 4) is 11.1 Å². The molecule has 35 heavy (non-hydrogen) atoms. The van der Waals surface area contributed by atoms with Gasteiger partial charge in [-0.05, 0) is 72.6 Å². The summed E-state index contributed by atoms with van der Waals surface area (Å²) in [5.74, 6) is 0.0888. The van der Waals surface area contributed by atoms with Gasteiger partial charge < -0.3 is 24.6 Å². The summed E-state index contributed by atoms with van der Waals surface area (Å²) >= 11 is 0. The maximum Gasteiger partial charge on any atom is 0.407 e. The Morgan fingerprint density at radius 3 is 2.86 bits per heavy atom. The van der Waals surface area contributed by atoms with Gasteiger partial charge in [0.1, 0.15) is 5.65 Å². The number of benzene rings is 1. The van der Waals surface area contributed by atoms with E-state index in [0.717, 1.165) is 64.5 Å². The Morgan fingerprint density at radius 1 is 1.17 bits per heavy atom. The fourth-order valence-corrected chi connectivity index (χ4v) is 5.95. The third-order valence-corrected chi connectivity index (χ3v) is 7.90. The summed E-state index contributed by atoms with van der Waals surface area (Å²) < 4.78 is 5.45. The van der Waals surface area contributed by atoms with Crippen LogP contribution in [0.4, 0.5) is 4.79 Å². The molecule has 5 heterocycles. The highest BCUT2D eigenvalue weighted by molar-refractivity contribution is 5.85. The van der Waals surface area contributed by atoms with Crippen LogP contribution in [-0.2, 0) is 22.5 Å². The summed E-state index contributed by atoms with van der Waals surface area (Å²) in [6.45, 7) is 4.94. The van der Waals surface area contributed by atoms with E-state index in [1.165, 1.54) is 5.56 Å². The Kier molecular flexibility index (Phi) is 5.48. The predicted molar refractivity (Wildman–Crippen MR) is 131 cm³/mol. The average Bonchev–Trinajstić information content (AvgIpc) is 3.64. The number of likely N-dealkylation sites (tertiary alicyclic amines) is 1. The molecular formula is C27H30N4O4. The van der Waals surface area contributed by atoms with Crippen molar-refractivity contribution in [3.63, 3.8) is 0 Å². The molecule has 8 nitrogen and oxygen atoms in total. The second-order valence-electron chi connectivity index (χ2n) is 10.00. The lowest BCUT2D eigenvalue weighted by Crippen LogP contribution is -2.41. The van der Waals surface area contributed by atoms with Gasteiger partial charge in [0.15, 0.2) is 0 Å². The van der Waals surface area contributed by atoms with E-state index in [-0.39, 0.29) is 17.9 Å². The van der Waals surface area contributed by atoms with Gasteiger partial charge in [-0.2, -0.15) is 0 Å². The summed E-state index contributed by atoms with van der Waals surface area (Å²) in [4.78, 5) is 36.5. The number of aromatic amines is 1. The molecule has 3 aliphatic rings. The quantitative estimate of drug-likeness (QED) is 0.591. The van der Waals surface area contributed by atoms with E-state index in [2.05, 4.69) is 35.1 Å². The number of carbonyl (C=O) groups is 2. The molecule has 2 aromatic heterocycles. The summed E-state index contributed by atoms with van der Waals surface area (Å²) in [6.07, 6.45) is 6.13. The predicted octanol–water partition coefficient (Wildman–Crippen LogP) is 4.27. The SMILES string of the molecule is Cc1c[nH]c2ncc(-c3cc4c(c([C@@H]5CCCN5C(=O)O)c3)CN(C(=O)[C@@H]3CCOC3)CC4)cc12. The van der Waals surface area contributed by atoms with Gasteiger partial charge in [-0.1, -0.05) is 6.07 Å². The monoisotopic (exact) mass is 474 g/mol. The van der Waals surface area contributed by atoms with Crippen molar-refractivity contribution < 1.29 is 19.4 Å². The van der Waals surface area contributed by atoms with Crippen molar-refractivity contribution in [2.24, 2.45) is 5.92 Å². The minimum absolute atomic E-state index is 0.0661. The minimum atomic E-state index is -0.885. The van der Waals surface area contributed by atoms with Crippen molar-refractivity contribution >= 4 is 23.0 Å². The third kappa shape index (κ3) is 3.86. The number of carboxylic acid groups (broad SMARTS) is 1. The van der Waals surface area contributed by atoms with Gasteiger partial charge in [0.2, 0.25) is 5.91 Å². The number of carbonyl (C=O) groups excluding carboxylic acids is 1. The van der Waals surface area contributed by atoms with E-state index in [0.29, 0.717) is 32.8 Å². The van der Waals surface area contributed by atoms with Gasteiger partial charge in [0.25, 0.3) is 0 Å². The van der Waals surface area contributed by atoms with Gasteiger partial charge in [-0.25, -0.2) is 9.78 Å². The van der Waals surface area contributed by atoms with Crippen molar-refractivity contribution in [1.82, 2.24) is 19.8 Å². The molecule has 0 saturated carbocycles. The summed E-state index contributed by atoms with van der Waals surface area (Å²) in [5, 5.41) is 11.0. The van der Waals surface area contributed by atoms with Crippen LogP contribution in [0.25, 0.3) is 22.2 Å². The molecule has 6 rings (SSSR count). The normalized spacial score (nSPS) is 22.1. The smallest absolute Gasteiger partial charge is 0.407 e. The lowest BCUT2D eigenvalue weighted by atomic mass is 9.86. The van der Waals surface area contributed by atoms with E-state index in [9.17, 15) is 14.7 Å². The van der Waals surface area contributed by atoms with Crippen LogP contribution in [0, 0.1) is 12.8 Å². The number of rotatable bonds is 3. The molecule has 2 fully saturated rings. The number of fused-ring (bicyclic) bond motifs is 2. The van der Waals surface area contributed by atoms with Crippen LogP contribution in [0.15, 0.2) is 30.6 Å². The molecule has 0 bridgehead atoms. The van der Waals surface area contributed by atoms with E-state index < -0.39 is 6.09 Å². The van der Waals surface area contributed by atoms with E-state index in [1.54, 1.807) is 4.90 Å². The summed E-state index contributed by atoms with van der Waals surface area (Å²) in [7, 11) is 0. The average molecular weight is 475 g/mol. The Balaban J connectivity index is 1.43. The second kappa shape index (κ2) is 8.68. The molecule has 3 aliphatic heterocycles. The number of amides is 2. The number of H-pyrrole nitrogens is 1. The van der Waals surface area contributed by atoms with E-state index in [1.807, 2.05) is 17.3 Å². The van der Waals surface area contributed by atoms with Gasteiger partial charge >= 0.3 is 6.09 Å². The largest absolute Gasteiger partial charge is 0.465 e. The van der Waals surface area contributed by atoms with Crippen molar-refractivity contribution in [2.75, 3.05) is 26.3 Å². The highest BCUT2D eigenvalue weighted by Crippen LogP contribution is 2.40. The Hall–Kier alpha value is -3.39. The first-order valence-electron chi connectivity index (χ1n) is 12.5. The molecule has 3 aromatic rings. The Labute approximate surface area is 203 Å². The zero-order chi connectivity index (χ0) is 24.1. The number of hydrogen-bond donors (Lipinski definition) is 2. The lowest BCUT2D eigenvalue weighted by Gasteiger charge is -2.34. The molecule has 0 spiro atoms. The molecule has 8 heteroatoms. The first-order valence-corrected chi connectivity index (χ1v) is 12.5. The van der Waals surface area contributed by atoms with Crippen molar-refractivity contribution in [1.29, 1.82) is 0 Å². The van der Waals surface area contributed by atoms with Crippen molar-refractivity contribution in [2.45, 2.75) is 45.2 Å². The standard InChI is InChI=1S/C27H30N4O4/c1-16-12-28-25-21(16)11-20(13-29-25)19-9-17-4-7-30(26(32)18-5-8-35-15-18)14-23(17)22(10-19)24-3-2-6-31(24)27(33)34/h9-13,18,24H,2-8,14-15H2,1H3,(H,28,29)(H,33,34)/t18-,24+/m1/s1. The molecule has 0 radical (unpaired) electrons. The zero-order valence-electron chi connectivity index (χ0n) is 19.9. The van der Waals surface area contributed by atoms with E-state index >= 15 is 0 Å². The maximum atomic E-state index is 13.2. The molecule has 2 saturated heterocycles. The molecule has 0 aliphatic carbocycles. The van der Waals surface area contributed by atoms with Gasteiger partial charge in [0, 0.05) is 49.6 Å². The van der Waals surface area contributed by atoms with Gasteiger partial charge in [-0.15, -0.1) is 0 Å². The summed E-state index contributed by atoms with van der Waals surface area (Å²) in [6, 6.07) is 6.31. The van der Waals surface area contributed by atoms with Crippen molar-refractivity contribution in [3.05, 3.63) is 52.8 Å². The highest BCUT2D eigenvalue weighted by Gasteiger charge is 2.35. The highest BCUT2D eigenvalue weighted by atomic mass is 16.5. The topological polar surface area (TPSA) is 98.8 Å². The maximum absolute atomic E-state index is 13.2. The van der Waals surface area contributed by atoms with Gasteiger partial charge in [0.05, 0.1) is 18.6 Å². The molecule has 182 valence electrons. The number of aromatic nitrogens is 2. The zero-order valence-corrected chi connectivity index (χ0v) is 19.9. The second-order valence-corrected chi connectivity index (χ2v) is 10.00. The fourth-order valence-electron chi connectivity index (χ4n) is 5.95. The molecule has 1 aromatic carbocycles. The minimum Gasteiger partial charge on any atom is -0.465 e. The first-order chi connectivity index (χ1) is 17.0. The molecular weight excluding hydrogens is 444 g/mol. The van der Waals surface area contributed by atoms with Crippen LogP contribution in [0.2, 0.25) is 0 Å². The van der Waals surface area contributed by atoms with Crippen LogP contribution in [-0.4, -0.2) is 63.2 Å². The number of aryl methyl sites for hydroxylation is 1. The number of pyridine rings is 1. The van der Waals surface area contributed by atoms with Crippen LogP contribution >= 0.6 is 0 Å². The van der Waals surface area contributed by atoms with Crippen LogP contribution < -0.4 is 0 Å². The lowest BCUT2D eigenvalue weighted by molar-refractivity contribution is -0.136. The van der Waals surface area contributed by atoms with Crippen LogP contribution in [0.1, 0.15) is 47.6 Å². The van der Waals surface area contributed by atoms with Crippen LogP contribution in [0.5, 0.6) is 0 Å². The molecule has 0 unspecified atom stereocenters. The Morgan fingerprint density at radius 2 is 2.06 bits per heavy atom. The van der Waals surface area contributed by atoms with Gasteiger partial charge in [-0.3, -0.25) is 4.79 Å². The number of nitrogens with zero attached hydrogens (tertiary/aromatic N) is 3. The molecule has 2 amide bonds.